The normalized spacial score (nSPS) is 14.6. The first-order valence-electron chi connectivity index (χ1n) is 4.94. The molecule has 1 aromatic carbocycles. The second-order valence-electron chi connectivity index (χ2n) is 3.85. The number of hydrogen-bond donors (Lipinski definition) is 1. The number of rotatable bonds is 1. The molecule has 1 N–H and O–H groups in total. The van der Waals surface area contributed by atoms with E-state index in [0.29, 0.717) is 6.54 Å². The number of sulfonamides is 1. The number of nitrogens with one attached hydrogen (secondary N) is 1. The van der Waals surface area contributed by atoms with E-state index < -0.39 is 16.1 Å². The molecular weight excluding hydrogens is 308 g/mol. The Balaban J connectivity index is 2.25. The Morgan fingerprint density at radius 2 is 2.18 bits per heavy atom. The molecule has 2 amide bonds. The number of hydrogen-bond acceptors (Lipinski definition) is 3. The monoisotopic (exact) mass is 318 g/mol. The van der Waals surface area contributed by atoms with Gasteiger partial charge in [0.05, 0.1) is 6.26 Å². The van der Waals surface area contributed by atoms with Crippen molar-refractivity contribution >= 4 is 37.7 Å². The van der Waals surface area contributed by atoms with Crippen molar-refractivity contribution in [2.24, 2.45) is 0 Å². The van der Waals surface area contributed by atoms with Crippen LogP contribution in [0.25, 0.3) is 0 Å². The number of nitrogens with zero attached hydrogens (tertiary/aromatic N) is 1. The van der Waals surface area contributed by atoms with Crippen molar-refractivity contribution in [2.75, 3.05) is 17.7 Å². The van der Waals surface area contributed by atoms with Gasteiger partial charge in [0.25, 0.3) is 0 Å². The maximum absolute atomic E-state index is 11.7. The molecule has 2 rings (SSSR count). The highest BCUT2D eigenvalue weighted by Gasteiger charge is 2.26. The Hall–Kier alpha value is -1.08. The lowest BCUT2D eigenvalue weighted by molar-refractivity contribution is 0.251. The Morgan fingerprint density at radius 3 is 2.82 bits per heavy atom. The number of benzene rings is 1. The fourth-order valence-electron chi connectivity index (χ4n) is 1.79. The number of amides is 2. The van der Waals surface area contributed by atoms with Gasteiger partial charge in [-0.25, -0.2) is 17.9 Å². The number of carbonyl (C=O) groups excluding carboxylic acids is 1. The molecule has 0 aromatic heterocycles. The molecule has 0 atom stereocenters. The predicted octanol–water partition coefficient (Wildman–Crippen LogP) is 1.48. The molecule has 1 aliphatic rings. The third-order valence-corrected chi connectivity index (χ3v) is 3.49. The third-order valence-electron chi connectivity index (χ3n) is 2.45. The van der Waals surface area contributed by atoms with Crippen LogP contribution in [0.1, 0.15) is 5.56 Å². The molecule has 92 valence electrons. The lowest BCUT2D eigenvalue weighted by atomic mass is 10.2. The van der Waals surface area contributed by atoms with E-state index in [9.17, 15) is 13.2 Å². The van der Waals surface area contributed by atoms with Crippen molar-refractivity contribution in [3.63, 3.8) is 0 Å². The highest BCUT2D eigenvalue weighted by molar-refractivity contribution is 9.10. The highest BCUT2D eigenvalue weighted by atomic mass is 79.9. The summed E-state index contributed by atoms with van der Waals surface area (Å²) in [6, 6.07) is 4.95. The Morgan fingerprint density at radius 1 is 1.47 bits per heavy atom. The molecule has 0 aliphatic carbocycles. The van der Waals surface area contributed by atoms with Crippen LogP contribution in [-0.2, 0) is 16.4 Å². The zero-order valence-electron chi connectivity index (χ0n) is 9.10. The number of anilines is 1. The minimum atomic E-state index is -3.52. The van der Waals surface area contributed by atoms with Gasteiger partial charge in [-0.3, -0.25) is 4.90 Å². The van der Waals surface area contributed by atoms with E-state index in [1.54, 1.807) is 6.07 Å². The summed E-state index contributed by atoms with van der Waals surface area (Å²) < 4.78 is 24.9. The molecule has 0 spiro atoms. The molecule has 1 aliphatic heterocycles. The van der Waals surface area contributed by atoms with Crippen molar-refractivity contribution < 1.29 is 13.2 Å². The fraction of sp³-hybridized carbons (Fsp3) is 0.300. The van der Waals surface area contributed by atoms with Gasteiger partial charge in [-0.2, -0.15) is 0 Å². The predicted molar refractivity (Wildman–Crippen MR) is 68.6 cm³/mol. The van der Waals surface area contributed by atoms with Crippen molar-refractivity contribution in [3.8, 4) is 0 Å². The molecule has 0 saturated carbocycles. The Labute approximate surface area is 108 Å². The summed E-state index contributed by atoms with van der Waals surface area (Å²) in [5, 5.41) is 0. The van der Waals surface area contributed by atoms with E-state index in [1.807, 2.05) is 16.9 Å². The van der Waals surface area contributed by atoms with E-state index in [0.717, 1.165) is 28.4 Å². The summed E-state index contributed by atoms with van der Waals surface area (Å²) in [6.45, 7) is 0.493. The lowest BCUT2D eigenvalue weighted by Gasteiger charge is -2.17. The SMILES string of the molecule is CS(=O)(=O)NC(=O)N1CCc2cc(Br)ccc21. The van der Waals surface area contributed by atoms with E-state index in [2.05, 4.69) is 15.9 Å². The maximum Gasteiger partial charge on any atom is 0.335 e. The second-order valence-corrected chi connectivity index (χ2v) is 6.52. The topological polar surface area (TPSA) is 66.5 Å². The Kier molecular flexibility index (Phi) is 3.13. The van der Waals surface area contributed by atoms with Gasteiger partial charge in [0.1, 0.15) is 0 Å². The summed E-state index contributed by atoms with van der Waals surface area (Å²) in [7, 11) is -3.52. The molecule has 5 nitrogen and oxygen atoms in total. The number of carbonyl (C=O) groups is 1. The summed E-state index contributed by atoms with van der Waals surface area (Å²) in [4.78, 5) is 13.2. The highest BCUT2D eigenvalue weighted by Crippen LogP contribution is 2.30. The molecule has 0 saturated heterocycles. The lowest BCUT2D eigenvalue weighted by Crippen LogP contribution is -2.41. The first kappa shape index (κ1) is 12.4. The van der Waals surface area contributed by atoms with Crippen molar-refractivity contribution in [2.45, 2.75) is 6.42 Å². The van der Waals surface area contributed by atoms with Gasteiger partial charge in [-0.05, 0) is 30.2 Å². The minimum absolute atomic E-state index is 0.493. The smallest absolute Gasteiger partial charge is 0.293 e. The first-order valence-corrected chi connectivity index (χ1v) is 7.63. The van der Waals surface area contributed by atoms with Crippen LogP contribution in [0.3, 0.4) is 0 Å². The molecule has 1 heterocycles. The van der Waals surface area contributed by atoms with Crippen LogP contribution in [0.4, 0.5) is 10.5 Å². The van der Waals surface area contributed by atoms with Gasteiger partial charge < -0.3 is 0 Å². The van der Waals surface area contributed by atoms with Crippen LogP contribution in [0, 0.1) is 0 Å². The van der Waals surface area contributed by atoms with Gasteiger partial charge >= 0.3 is 6.03 Å². The largest absolute Gasteiger partial charge is 0.335 e. The molecule has 0 bridgehead atoms. The van der Waals surface area contributed by atoms with Crippen LogP contribution in [-0.4, -0.2) is 27.2 Å². The fourth-order valence-corrected chi connectivity index (χ4v) is 2.63. The maximum atomic E-state index is 11.7. The molecule has 7 heteroatoms. The average molecular weight is 319 g/mol. The molecule has 0 fully saturated rings. The zero-order chi connectivity index (χ0) is 12.6. The number of fused-ring (bicyclic) bond motifs is 1. The van der Waals surface area contributed by atoms with E-state index in [-0.39, 0.29) is 0 Å². The molecule has 1 aromatic rings. The average Bonchev–Trinajstić information content (AvgIpc) is 2.57. The van der Waals surface area contributed by atoms with Gasteiger partial charge in [-0.1, -0.05) is 15.9 Å². The van der Waals surface area contributed by atoms with Gasteiger partial charge in [0, 0.05) is 16.7 Å². The second kappa shape index (κ2) is 4.30. The number of halogens is 1. The summed E-state index contributed by atoms with van der Waals surface area (Å²) >= 11 is 3.36. The molecule has 0 unspecified atom stereocenters. The van der Waals surface area contributed by atoms with Gasteiger partial charge in [0.2, 0.25) is 10.0 Å². The summed E-state index contributed by atoms with van der Waals surface area (Å²) in [5.41, 5.74) is 1.79. The summed E-state index contributed by atoms with van der Waals surface area (Å²) in [5.74, 6) is 0. The van der Waals surface area contributed by atoms with E-state index in [4.69, 9.17) is 0 Å². The van der Waals surface area contributed by atoms with Crippen LogP contribution < -0.4 is 9.62 Å². The third kappa shape index (κ3) is 2.78. The standard InChI is InChI=1S/C10H11BrN2O3S/c1-17(15,16)12-10(14)13-5-4-7-6-8(11)2-3-9(7)13/h2-3,6H,4-5H2,1H3,(H,12,14). The minimum Gasteiger partial charge on any atom is -0.293 e. The zero-order valence-corrected chi connectivity index (χ0v) is 11.5. The quantitative estimate of drug-likeness (QED) is 0.853. The first-order chi connectivity index (χ1) is 7.87. The number of urea groups is 1. The van der Waals surface area contributed by atoms with E-state index >= 15 is 0 Å². The Bertz CT molecular complexity index is 571. The van der Waals surface area contributed by atoms with Crippen LogP contribution >= 0.6 is 15.9 Å². The molecule has 0 radical (unpaired) electrons. The van der Waals surface area contributed by atoms with Gasteiger partial charge in [-0.15, -0.1) is 0 Å². The molecule has 17 heavy (non-hydrogen) atoms. The van der Waals surface area contributed by atoms with Crippen molar-refractivity contribution in [3.05, 3.63) is 28.2 Å². The van der Waals surface area contributed by atoms with Crippen molar-refractivity contribution in [1.29, 1.82) is 0 Å². The van der Waals surface area contributed by atoms with Gasteiger partial charge in [0.15, 0.2) is 0 Å². The molecular formula is C10H11BrN2O3S. The van der Waals surface area contributed by atoms with Crippen LogP contribution in [0.2, 0.25) is 0 Å². The van der Waals surface area contributed by atoms with Crippen LogP contribution in [0.5, 0.6) is 0 Å². The summed E-state index contributed by atoms with van der Waals surface area (Å²) in [6.07, 6.45) is 1.69. The van der Waals surface area contributed by atoms with Crippen molar-refractivity contribution in [1.82, 2.24) is 4.72 Å². The van der Waals surface area contributed by atoms with E-state index in [1.165, 1.54) is 4.90 Å². The van der Waals surface area contributed by atoms with Crippen LogP contribution in [0.15, 0.2) is 22.7 Å².